The Labute approximate surface area is 439 Å². The summed E-state index contributed by atoms with van der Waals surface area (Å²) in [4.78, 5) is 15.5. The maximum absolute atomic E-state index is 5.22. The number of hydrogen-bond acceptors (Lipinski definition) is 4. The zero-order chi connectivity index (χ0) is 50.0. The van der Waals surface area contributed by atoms with Crippen LogP contribution >= 0.6 is 11.3 Å². The molecule has 2 aliphatic carbocycles. The second kappa shape index (κ2) is 18.3. The van der Waals surface area contributed by atoms with Crippen molar-refractivity contribution in [1.29, 1.82) is 0 Å². The number of hydrogen-bond donors (Lipinski definition) is 0. The molecule has 13 aromatic rings. The molecule has 2 aliphatic rings. The van der Waals surface area contributed by atoms with E-state index in [4.69, 9.17) is 15.0 Å². The number of nitrogens with zero attached hydrogens (tertiary/aromatic N) is 4. The summed E-state index contributed by atoms with van der Waals surface area (Å²) in [5.41, 5.74) is 18.7. The molecule has 10 aromatic carbocycles. The van der Waals surface area contributed by atoms with Crippen LogP contribution in [0.2, 0.25) is 0 Å². The fraction of sp³-hybridized carbons (Fsp3) is 0.0429. The normalized spacial score (nSPS) is 12.6. The Morgan fingerprint density at radius 3 is 1.76 bits per heavy atom. The number of fused-ring (bicyclic) bond motifs is 10. The van der Waals surface area contributed by atoms with Gasteiger partial charge in [0.2, 0.25) is 0 Å². The Bertz CT molecular complexity index is 4490. The number of rotatable bonds is 6. The summed E-state index contributed by atoms with van der Waals surface area (Å²) in [5, 5.41) is 7.66. The Kier molecular flexibility index (Phi) is 10.9. The van der Waals surface area contributed by atoms with Crippen LogP contribution in [0.5, 0.6) is 0 Å². The molecule has 0 bridgehead atoms. The van der Waals surface area contributed by atoms with Crippen LogP contribution in [0.15, 0.2) is 243 Å². The van der Waals surface area contributed by atoms with E-state index >= 15 is 0 Å². The van der Waals surface area contributed by atoms with Crippen LogP contribution in [0.4, 0.5) is 0 Å². The lowest BCUT2D eigenvalue weighted by Gasteiger charge is -2.13. The molecule has 0 saturated heterocycles. The van der Waals surface area contributed by atoms with Gasteiger partial charge in [-0.1, -0.05) is 194 Å². The van der Waals surface area contributed by atoms with Gasteiger partial charge in [-0.2, -0.15) is 0 Å². The number of benzene rings is 10. The predicted molar refractivity (Wildman–Crippen MR) is 318 cm³/mol. The number of thiophene rings is 1. The molecular weight excluding hydrogens is 929 g/mol. The van der Waals surface area contributed by atoms with Gasteiger partial charge in [0, 0.05) is 53.3 Å². The van der Waals surface area contributed by atoms with E-state index in [1.54, 1.807) is 0 Å². The molecule has 75 heavy (non-hydrogen) atoms. The molecule has 0 saturated carbocycles. The highest BCUT2D eigenvalue weighted by atomic mass is 32.1. The van der Waals surface area contributed by atoms with Crippen molar-refractivity contribution in [1.82, 2.24) is 19.5 Å². The Hall–Kier alpha value is -9.29. The summed E-state index contributed by atoms with van der Waals surface area (Å²) >= 11 is 1.86. The third-order valence-electron chi connectivity index (χ3n) is 15.0. The highest BCUT2D eigenvalue weighted by molar-refractivity contribution is 7.25. The zero-order valence-corrected chi connectivity index (χ0v) is 42.3. The topological polar surface area (TPSA) is 43.6 Å². The predicted octanol–water partition coefficient (Wildman–Crippen LogP) is 19.0. The van der Waals surface area contributed by atoms with E-state index in [1.807, 2.05) is 29.5 Å². The molecule has 0 spiro atoms. The largest absolute Gasteiger partial charge is 0.309 e. The molecule has 4 nitrogen and oxygen atoms in total. The summed E-state index contributed by atoms with van der Waals surface area (Å²) in [5.74, 6) is 1.89. The standard InChI is InChI=1S/C62H38N4S.C8H10/c1-2-5-15-38(14-4-1)39-26-28-41(29-27-39)61-63-60(40-16-6-3-7-17-40)64-62(65-61)44-18-12-19-45(34-44)66-54-32-30-42(43-31-33-57-51(35-43)48-22-10-11-25-56(48)67-57)36-53(54)59-50-24-13-23-49-46-20-8-9-21-47(46)52(58(49)50)37-55(59)66;1-7-5-3-4-6-8(7)2/h1,3-37H,2H2;3-6H,1-2H3. The molecule has 3 aromatic heterocycles. The van der Waals surface area contributed by atoms with Gasteiger partial charge in [-0.25, -0.2) is 15.0 Å². The van der Waals surface area contributed by atoms with Crippen LogP contribution in [0, 0.1) is 13.8 Å². The molecule has 3 heterocycles. The number of allylic oxidation sites excluding steroid dienone is 6. The highest BCUT2D eigenvalue weighted by Crippen LogP contribution is 2.51. The molecule has 0 atom stereocenters. The fourth-order valence-electron chi connectivity index (χ4n) is 11.1. The first kappa shape index (κ1) is 44.4. The van der Waals surface area contributed by atoms with Gasteiger partial charge in [0.25, 0.3) is 0 Å². The number of aryl methyl sites for hydroxylation is 2. The van der Waals surface area contributed by atoms with Gasteiger partial charge < -0.3 is 4.57 Å². The highest BCUT2D eigenvalue weighted by Gasteiger charge is 2.26. The smallest absolute Gasteiger partial charge is 0.164 e. The van der Waals surface area contributed by atoms with E-state index in [0.717, 1.165) is 45.4 Å². The SMILES string of the molecule is C1=CCC=CC(c2ccc(-c3nc(-c4ccccc4)nc(-c4cccc(-n5c6ccc(-c7ccc8sc9ccccc9c8c7)cc6c6c7cccc8c7c(cc65)-c5ccccc5-8)c4)n3)cc2)=C1.Cc1ccccc1C. The Balaban J connectivity index is 0.000000594. The molecule has 354 valence electrons. The summed E-state index contributed by atoms with van der Waals surface area (Å²) < 4.78 is 5.07. The fourth-order valence-corrected chi connectivity index (χ4v) is 12.2. The van der Waals surface area contributed by atoms with Gasteiger partial charge in [-0.05, 0) is 135 Å². The van der Waals surface area contributed by atoms with E-state index in [9.17, 15) is 0 Å². The minimum Gasteiger partial charge on any atom is -0.309 e. The van der Waals surface area contributed by atoms with E-state index in [2.05, 4.69) is 243 Å². The number of aromatic nitrogens is 4. The second-order valence-electron chi connectivity index (χ2n) is 19.5. The van der Waals surface area contributed by atoms with Crippen LogP contribution in [0.3, 0.4) is 0 Å². The van der Waals surface area contributed by atoms with Crippen molar-refractivity contribution in [2.75, 3.05) is 0 Å². The van der Waals surface area contributed by atoms with Gasteiger partial charge in [-0.3, -0.25) is 0 Å². The maximum Gasteiger partial charge on any atom is 0.164 e. The quantitative estimate of drug-likeness (QED) is 0.167. The zero-order valence-electron chi connectivity index (χ0n) is 41.5. The minimum absolute atomic E-state index is 0.622. The molecular formula is C70H48N4S. The summed E-state index contributed by atoms with van der Waals surface area (Å²) in [7, 11) is 0. The maximum atomic E-state index is 5.22. The lowest BCUT2D eigenvalue weighted by Crippen LogP contribution is -2.01. The van der Waals surface area contributed by atoms with Crippen molar-refractivity contribution >= 4 is 69.7 Å². The van der Waals surface area contributed by atoms with Crippen molar-refractivity contribution in [2.45, 2.75) is 20.3 Å². The van der Waals surface area contributed by atoms with Crippen LogP contribution in [-0.2, 0) is 0 Å². The van der Waals surface area contributed by atoms with Crippen LogP contribution in [0.25, 0.3) is 132 Å². The third-order valence-corrected chi connectivity index (χ3v) is 16.2. The first-order valence-electron chi connectivity index (χ1n) is 25.6. The van der Waals surface area contributed by atoms with E-state index in [0.29, 0.717) is 17.5 Å². The van der Waals surface area contributed by atoms with Gasteiger partial charge in [0.1, 0.15) is 0 Å². The minimum atomic E-state index is 0.622. The Morgan fingerprint density at radius 1 is 0.387 bits per heavy atom. The van der Waals surface area contributed by atoms with Gasteiger partial charge in [0.05, 0.1) is 11.0 Å². The lowest BCUT2D eigenvalue weighted by molar-refractivity contribution is 1.07. The molecule has 5 heteroatoms. The van der Waals surface area contributed by atoms with Crippen LogP contribution < -0.4 is 0 Å². The van der Waals surface area contributed by atoms with Gasteiger partial charge in [0.15, 0.2) is 17.5 Å². The van der Waals surface area contributed by atoms with Crippen molar-refractivity contribution in [3.8, 4) is 73.2 Å². The first-order valence-corrected chi connectivity index (χ1v) is 26.5. The van der Waals surface area contributed by atoms with E-state index in [1.165, 1.54) is 91.8 Å². The van der Waals surface area contributed by atoms with E-state index in [-0.39, 0.29) is 0 Å². The molecule has 0 radical (unpaired) electrons. The van der Waals surface area contributed by atoms with Crippen molar-refractivity contribution < 1.29 is 0 Å². The Morgan fingerprint density at radius 2 is 0.973 bits per heavy atom. The molecule has 0 amide bonds. The van der Waals surface area contributed by atoms with Gasteiger partial charge in [-0.15, -0.1) is 11.3 Å². The van der Waals surface area contributed by atoms with Crippen molar-refractivity contribution in [3.63, 3.8) is 0 Å². The summed E-state index contributed by atoms with van der Waals surface area (Å²) in [6, 6.07) is 76.6. The third kappa shape index (κ3) is 7.79. The molecule has 0 N–H and O–H groups in total. The average Bonchev–Trinajstić information content (AvgIpc) is 4.10. The van der Waals surface area contributed by atoms with Gasteiger partial charge >= 0.3 is 0 Å². The van der Waals surface area contributed by atoms with Crippen LogP contribution in [-0.4, -0.2) is 19.5 Å². The van der Waals surface area contributed by atoms with Crippen LogP contribution in [0.1, 0.15) is 23.1 Å². The monoisotopic (exact) mass is 976 g/mol. The average molecular weight is 977 g/mol. The van der Waals surface area contributed by atoms with Crippen molar-refractivity contribution in [2.24, 2.45) is 0 Å². The molecule has 0 fully saturated rings. The lowest BCUT2D eigenvalue weighted by atomic mass is 9.96. The van der Waals surface area contributed by atoms with Crippen molar-refractivity contribution in [3.05, 3.63) is 259 Å². The second-order valence-corrected chi connectivity index (χ2v) is 20.6. The summed E-state index contributed by atoms with van der Waals surface area (Å²) in [6.07, 6.45) is 11.8. The molecule has 0 aliphatic heterocycles. The molecule has 0 unspecified atom stereocenters. The molecule has 15 rings (SSSR count). The summed E-state index contributed by atoms with van der Waals surface area (Å²) in [6.45, 7) is 4.24. The van der Waals surface area contributed by atoms with E-state index < -0.39 is 0 Å². The first-order chi connectivity index (χ1) is 37.0.